The van der Waals surface area contributed by atoms with Crippen molar-refractivity contribution >= 4 is 11.8 Å². The van der Waals surface area contributed by atoms with Crippen LogP contribution in [-0.4, -0.2) is 63.5 Å². The maximum absolute atomic E-state index is 12.5. The summed E-state index contributed by atoms with van der Waals surface area (Å²) in [5.74, 6) is 0.555. The van der Waals surface area contributed by atoms with Crippen LogP contribution in [0.15, 0.2) is 36.8 Å². The van der Waals surface area contributed by atoms with E-state index in [9.17, 15) is 9.59 Å². The maximum atomic E-state index is 12.5. The smallest absolute Gasteiger partial charge is 0.257 e. The second-order valence-electron chi connectivity index (χ2n) is 7.17. The van der Waals surface area contributed by atoms with Gasteiger partial charge in [-0.25, -0.2) is 0 Å². The first kappa shape index (κ1) is 19.1. The molecule has 1 fully saturated rings. The van der Waals surface area contributed by atoms with Gasteiger partial charge >= 0.3 is 0 Å². The molecule has 3 heterocycles. The fourth-order valence-corrected chi connectivity index (χ4v) is 3.51. The number of carbonyl (C=O) groups excluding carboxylic acids is 2. The highest BCUT2D eigenvalue weighted by atomic mass is 16.2. The van der Waals surface area contributed by atoms with E-state index in [1.807, 2.05) is 30.1 Å². The monoisotopic (exact) mass is 369 g/mol. The molecule has 1 N–H and O–H groups in total. The molecular weight excluding hydrogens is 342 g/mol. The van der Waals surface area contributed by atoms with Crippen LogP contribution in [0.1, 0.15) is 41.7 Å². The van der Waals surface area contributed by atoms with E-state index in [-0.39, 0.29) is 11.8 Å². The molecule has 0 unspecified atom stereocenters. The first-order valence-electron chi connectivity index (χ1n) is 9.55. The standard InChI is InChI=1S/C20H27N5O2/c1-24(12-9-18-6-2-3-10-21-18)19(26)8-7-16-5-4-11-25(15-16)20(27)17-13-22-23-14-17/h2-3,6,10,13-14,16H,4-5,7-9,11-12,15H2,1H3,(H,22,23)/t16-/m1/s1. The summed E-state index contributed by atoms with van der Waals surface area (Å²) in [5.41, 5.74) is 1.60. The number of hydrogen-bond donors (Lipinski definition) is 1. The van der Waals surface area contributed by atoms with Crippen molar-refractivity contribution < 1.29 is 9.59 Å². The molecule has 1 saturated heterocycles. The SMILES string of the molecule is CN(CCc1ccccn1)C(=O)CC[C@H]1CCCN(C(=O)c2cn[nH]c2)C1. The minimum Gasteiger partial charge on any atom is -0.345 e. The van der Waals surface area contributed by atoms with Crippen molar-refractivity contribution in [1.82, 2.24) is 25.0 Å². The zero-order valence-electron chi connectivity index (χ0n) is 15.8. The van der Waals surface area contributed by atoms with E-state index in [1.54, 1.807) is 23.5 Å². The fraction of sp³-hybridized carbons (Fsp3) is 0.500. The number of nitrogens with zero attached hydrogens (tertiary/aromatic N) is 4. The van der Waals surface area contributed by atoms with E-state index in [2.05, 4.69) is 15.2 Å². The van der Waals surface area contributed by atoms with Crippen LogP contribution in [-0.2, 0) is 11.2 Å². The molecular formula is C20H27N5O2. The van der Waals surface area contributed by atoms with Gasteiger partial charge in [-0.15, -0.1) is 0 Å². The van der Waals surface area contributed by atoms with Crippen LogP contribution < -0.4 is 0 Å². The Morgan fingerprint density at radius 1 is 1.37 bits per heavy atom. The lowest BCUT2D eigenvalue weighted by molar-refractivity contribution is -0.130. The molecule has 0 aromatic carbocycles. The molecule has 7 nitrogen and oxygen atoms in total. The molecule has 0 bridgehead atoms. The molecule has 7 heteroatoms. The summed E-state index contributed by atoms with van der Waals surface area (Å²) >= 11 is 0. The van der Waals surface area contributed by atoms with E-state index in [0.29, 0.717) is 24.4 Å². The van der Waals surface area contributed by atoms with Gasteiger partial charge in [0.25, 0.3) is 5.91 Å². The third kappa shape index (κ3) is 5.39. The quantitative estimate of drug-likeness (QED) is 0.811. The Labute approximate surface area is 159 Å². The van der Waals surface area contributed by atoms with Crippen molar-refractivity contribution in [2.24, 2.45) is 5.92 Å². The van der Waals surface area contributed by atoms with E-state index < -0.39 is 0 Å². The zero-order valence-corrected chi connectivity index (χ0v) is 15.8. The van der Waals surface area contributed by atoms with Gasteiger partial charge in [-0.1, -0.05) is 6.07 Å². The number of aromatic amines is 1. The summed E-state index contributed by atoms with van der Waals surface area (Å²) in [5, 5.41) is 6.53. The third-order valence-corrected chi connectivity index (χ3v) is 5.17. The minimum absolute atomic E-state index is 0.0206. The molecule has 3 rings (SSSR count). The molecule has 0 spiro atoms. The van der Waals surface area contributed by atoms with Gasteiger partial charge in [0.2, 0.25) is 5.91 Å². The minimum atomic E-state index is 0.0206. The highest BCUT2D eigenvalue weighted by molar-refractivity contribution is 5.93. The van der Waals surface area contributed by atoms with Gasteiger partial charge in [0.15, 0.2) is 0 Å². The second-order valence-corrected chi connectivity index (χ2v) is 7.17. The summed E-state index contributed by atoms with van der Waals surface area (Å²) in [7, 11) is 1.85. The van der Waals surface area contributed by atoms with E-state index in [1.165, 1.54) is 0 Å². The number of nitrogens with one attached hydrogen (secondary N) is 1. The second kappa shape index (κ2) is 9.30. The molecule has 1 aliphatic rings. The first-order valence-corrected chi connectivity index (χ1v) is 9.55. The number of H-pyrrole nitrogens is 1. The molecule has 0 radical (unpaired) electrons. The molecule has 2 amide bonds. The molecule has 1 atom stereocenters. The van der Waals surface area contributed by atoms with Crippen molar-refractivity contribution in [1.29, 1.82) is 0 Å². The normalized spacial score (nSPS) is 16.9. The summed E-state index contributed by atoms with van der Waals surface area (Å²) < 4.78 is 0. The molecule has 1 aliphatic heterocycles. The Hall–Kier alpha value is -2.70. The number of likely N-dealkylation sites (N-methyl/N-ethyl adjacent to an activating group) is 1. The largest absolute Gasteiger partial charge is 0.345 e. The van der Waals surface area contributed by atoms with Gasteiger partial charge in [0, 0.05) is 57.6 Å². The predicted molar refractivity (Wildman–Crippen MR) is 102 cm³/mol. The highest BCUT2D eigenvalue weighted by Crippen LogP contribution is 2.22. The van der Waals surface area contributed by atoms with Crippen molar-refractivity contribution in [3.8, 4) is 0 Å². The van der Waals surface area contributed by atoms with Crippen molar-refractivity contribution in [3.63, 3.8) is 0 Å². The number of carbonyl (C=O) groups is 2. The Morgan fingerprint density at radius 2 is 2.26 bits per heavy atom. The molecule has 0 aliphatic carbocycles. The Bertz CT molecular complexity index is 732. The van der Waals surface area contributed by atoms with Crippen molar-refractivity contribution in [2.75, 3.05) is 26.7 Å². The number of rotatable bonds is 7. The van der Waals surface area contributed by atoms with Crippen molar-refractivity contribution in [3.05, 3.63) is 48.0 Å². The van der Waals surface area contributed by atoms with Gasteiger partial charge in [-0.05, 0) is 37.3 Å². The number of amides is 2. The van der Waals surface area contributed by atoms with Crippen LogP contribution in [0.4, 0.5) is 0 Å². The average Bonchev–Trinajstić information content (AvgIpc) is 3.25. The number of likely N-dealkylation sites (tertiary alicyclic amines) is 1. The lowest BCUT2D eigenvalue weighted by Crippen LogP contribution is -2.40. The summed E-state index contributed by atoms with van der Waals surface area (Å²) in [6.07, 6.45) is 9.13. The molecule has 144 valence electrons. The lowest BCUT2D eigenvalue weighted by atomic mass is 9.93. The van der Waals surface area contributed by atoms with Crippen LogP contribution in [0.5, 0.6) is 0 Å². The Balaban J connectivity index is 1.42. The van der Waals surface area contributed by atoms with Crippen LogP contribution in [0.25, 0.3) is 0 Å². The summed E-state index contributed by atoms with van der Waals surface area (Å²) in [6, 6.07) is 5.83. The van der Waals surface area contributed by atoms with E-state index in [0.717, 1.165) is 44.5 Å². The lowest BCUT2D eigenvalue weighted by Gasteiger charge is -2.32. The van der Waals surface area contributed by atoms with E-state index >= 15 is 0 Å². The Morgan fingerprint density at radius 3 is 3.00 bits per heavy atom. The third-order valence-electron chi connectivity index (χ3n) is 5.17. The number of piperidine rings is 1. The summed E-state index contributed by atoms with van der Waals surface area (Å²) in [6.45, 7) is 2.17. The zero-order chi connectivity index (χ0) is 19.1. The number of aromatic nitrogens is 3. The van der Waals surface area contributed by atoms with Crippen LogP contribution >= 0.6 is 0 Å². The topological polar surface area (TPSA) is 82.2 Å². The van der Waals surface area contributed by atoms with Crippen LogP contribution in [0.3, 0.4) is 0 Å². The van der Waals surface area contributed by atoms with Crippen LogP contribution in [0, 0.1) is 5.92 Å². The molecule has 27 heavy (non-hydrogen) atoms. The Kier molecular flexibility index (Phi) is 6.57. The van der Waals surface area contributed by atoms with Gasteiger partial charge < -0.3 is 9.80 Å². The molecule has 0 saturated carbocycles. The molecule has 2 aromatic rings. The van der Waals surface area contributed by atoms with Crippen molar-refractivity contribution in [2.45, 2.75) is 32.1 Å². The van der Waals surface area contributed by atoms with E-state index in [4.69, 9.17) is 0 Å². The summed E-state index contributed by atoms with van der Waals surface area (Å²) in [4.78, 5) is 32.8. The number of pyridine rings is 1. The van der Waals surface area contributed by atoms with Gasteiger partial charge in [0.1, 0.15) is 0 Å². The highest BCUT2D eigenvalue weighted by Gasteiger charge is 2.25. The first-order chi connectivity index (χ1) is 13.1. The van der Waals surface area contributed by atoms with Gasteiger partial charge in [-0.2, -0.15) is 5.10 Å². The molecule has 2 aromatic heterocycles. The van der Waals surface area contributed by atoms with Crippen LogP contribution in [0.2, 0.25) is 0 Å². The predicted octanol–water partition coefficient (Wildman–Crippen LogP) is 2.14. The van der Waals surface area contributed by atoms with Gasteiger partial charge in [-0.3, -0.25) is 19.7 Å². The fourth-order valence-electron chi connectivity index (χ4n) is 3.51. The average molecular weight is 369 g/mol. The number of hydrogen-bond acceptors (Lipinski definition) is 4. The van der Waals surface area contributed by atoms with Gasteiger partial charge in [0.05, 0.1) is 11.8 Å². The maximum Gasteiger partial charge on any atom is 0.257 e.